The minimum atomic E-state index is -0.207. The Balaban J connectivity index is 2.46. The van der Waals surface area contributed by atoms with Crippen molar-refractivity contribution in [1.29, 1.82) is 0 Å². The number of hydrogen-bond acceptors (Lipinski definition) is 1. The maximum atomic E-state index is 13.5. The zero-order valence-corrected chi connectivity index (χ0v) is 10.3. The maximum Gasteiger partial charge on any atom is 0.126 e. The largest absolute Gasteiger partial charge is 0.326 e. The molecule has 0 aliphatic rings. The van der Waals surface area contributed by atoms with Crippen LogP contribution in [0.15, 0.2) is 36.4 Å². The van der Waals surface area contributed by atoms with Crippen LogP contribution in [0.5, 0.6) is 0 Å². The Kier molecular flexibility index (Phi) is 3.46. The van der Waals surface area contributed by atoms with Gasteiger partial charge in [-0.1, -0.05) is 35.9 Å². The lowest BCUT2D eigenvalue weighted by Crippen LogP contribution is -1.97. The van der Waals surface area contributed by atoms with Crippen molar-refractivity contribution in [2.45, 2.75) is 13.5 Å². The van der Waals surface area contributed by atoms with Crippen molar-refractivity contribution in [3.05, 3.63) is 58.4 Å². The zero-order valence-electron chi connectivity index (χ0n) is 9.50. The van der Waals surface area contributed by atoms with Crippen molar-refractivity contribution < 1.29 is 4.39 Å². The predicted molar refractivity (Wildman–Crippen MR) is 69.5 cm³/mol. The fourth-order valence-electron chi connectivity index (χ4n) is 1.66. The van der Waals surface area contributed by atoms with Gasteiger partial charge in [-0.25, -0.2) is 4.39 Å². The summed E-state index contributed by atoms with van der Waals surface area (Å²) < 4.78 is 13.5. The topological polar surface area (TPSA) is 26.0 Å². The van der Waals surface area contributed by atoms with Crippen LogP contribution in [-0.4, -0.2) is 0 Å². The molecule has 2 aromatic rings. The summed E-state index contributed by atoms with van der Waals surface area (Å²) in [5.74, 6) is -0.207. The Hall–Kier alpha value is -1.38. The summed E-state index contributed by atoms with van der Waals surface area (Å²) in [7, 11) is 0. The van der Waals surface area contributed by atoms with E-state index in [4.69, 9.17) is 17.3 Å². The molecule has 0 saturated heterocycles. The highest BCUT2D eigenvalue weighted by molar-refractivity contribution is 6.31. The Bertz CT molecular complexity index is 552. The fraction of sp³-hybridized carbons (Fsp3) is 0.143. The Labute approximate surface area is 105 Å². The van der Waals surface area contributed by atoms with Crippen molar-refractivity contribution in [1.82, 2.24) is 0 Å². The molecule has 0 saturated carbocycles. The molecule has 0 fully saturated rings. The molecule has 88 valence electrons. The lowest BCUT2D eigenvalue weighted by molar-refractivity contribution is 0.619. The third-order valence-electron chi connectivity index (χ3n) is 2.78. The molecule has 2 rings (SSSR count). The van der Waals surface area contributed by atoms with Gasteiger partial charge in [0.05, 0.1) is 0 Å². The van der Waals surface area contributed by atoms with E-state index in [0.29, 0.717) is 17.1 Å². The van der Waals surface area contributed by atoms with E-state index in [1.807, 2.05) is 24.3 Å². The van der Waals surface area contributed by atoms with Crippen LogP contribution in [0.3, 0.4) is 0 Å². The molecule has 0 spiro atoms. The molecule has 0 heterocycles. The number of hydrogen-bond donors (Lipinski definition) is 1. The summed E-state index contributed by atoms with van der Waals surface area (Å²) in [6.07, 6.45) is 0. The first kappa shape index (κ1) is 12.1. The monoisotopic (exact) mass is 249 g/mol. The quantitative estimate of drug-likeness (QED) is 0.858. The molecule has 17 heavy (non-hydrogen) atoms. The number of rotatable bonds is 2. The second kappa shape index (κ2) is 4.86. The Morgan fingerprint density at radius 2 is 1.76 bits per heavy atom. The normalized spacial score (nSPS) is 10.6. The first-order chi connectivity index (χ1) is 8.11. The van der Waals surface area contributed by atoms with Gasteiger partial charge in [0, 0.05) is 11.6 Å². The summed E-state index contributed by atoms with van der Waals surface area (Å²) in [5, 5.41) is 0.617. The first-order valence-electron chi connectivity index (χ1n) is 5.37. The van der Waals surface area contributed by atoms with E-state index >= 15 is 0 Å². The van der Waals surface area contributed by atoms with E-state index < -0.39 is 0 Å². The second-order valence-electron chi connectivity index (χ2n) is 3.97. The van der Waals surface area contributed by atoms with Gasteiger partial charge in [0.2, 0.25) is 0 Å². The van der Waals surface area contributed by atoms with Crippen LogP contribution in [0.4, 0.5) is 4.39 Å². The highest BCUT2D eigenvalue weighted by Gasteiger charge is 2.05. The SMILES string of the molecule is Cc1ccc(-c2ccc(CN)c(Cl)c2)cc1F. The van der Waals surface area contributed by atoms with E-state index in [0.717, 1.165) is 16.7 Å². The van der Waals surface area contributed by atoms with Crippen LogP contribution in [0.2, 0.25) is 5.02 Å². The zero-order chi connectivity index (χ0) is 12.4. The predicted octanol–water partition coefficient (Wildman–Crippen LogP) is 3.91. The molecule has 0 aromatic heterocycles. The molecule has 2 aromatic carbocycles. The van der Waals surface area contributed by atoms with Gasteiger partial charge in [-0.05, 0) is 41.3 Å². The molecular formula is C14H13ClFN. The van der Waals surface area contributed by atoms with Gasteiger partial charge in [0.1, 0.15) is 5.82 Å². The third kappa shape index (κ3) is 2.48. The van der Waals surface area contributed by atoms with Crippen molar-refractivity contribution >= 4 is 11.6 Å². The summed E-state index contributed by atoms with van der Waals surface area (Å²) in [4.78, 5) is 0. The highest BCUT2D eigenvalue weighted by atomic mass is 35.5. The summed E-state index contributed by atoms with van der Waals surface area (Å²) >= 11 is 6.08. The number of nitrogens with two attached hydrogens (primary N) is 1. The Morgan fingerprint density at radius 1 is 1.12 bits per heavy atom. The minimum absolute atomic E-state index is 0.207. The molecule has 0 bridgehead atoms. The van der Waals surface area contributed by atoms with E-state index in [1.165, 1.54) is 6.07 Å². The van der Waals surface area contributed by atoms with E-state index in [1.54, 1.807) is 13.0 Å². The molecular weight excluding hydrogens is 237 g/mol. The number of aryl methyl sites for hydroxylation is 1. The van der Waals surface area contributed by atoms with Crippen molar-refractivity contribution in [3.63, 3.8) is 0 Å². The lowest BCUT2D eigenvalue weighted by atomic mass is 10.0. The lowest BCUT2D eigenvalue weighted by Gasteiger charge is -2.07. The van der Waals surface area contributed by atoms with E-state index in [9.17, 15) is 4.39 Å². The fourth-order valence-corrected chi connectivity index (χ4v) is 1.92. The average Bonchev–Trinajstić information content (AvgIpc) is 2.32. The Morgan fingerprint density at radius 3 is 2.35 bits per heavy atom. The number of halogens is 2. The van der Waals surface area contributed by atoms with Crippen LogP contribution in [0.1, 0.15) is 11.1 Å². The van der Waals surface area contributed by atoms with Crippen molar-refractivity contribution in [3.8, 4) is 11.1 Å². The summed E-state index contributed by atoms with van der Waals surface area (Å²) in [6.45, 7) is 2.14. The molecule has 1 nitrogen and oxygen atoms in total. The molecule has 0 aliphatic carbocycles. The molecule has 3 heteroatoms. The third-order valence-corrected chi connectivity index (χ3v) is 3.13. The molecule has 0 unspecified atom stereocenters. The molecule has 0 amide bonds. The van der Waals surface area contributed by atoms with Crippen LogP contribution in [-0.2, 0) is 6.54 Å². The van der Waals surface area contributed by atoms with Crippen LogP contribution >= 0.6 is 11.6 Å². The maximum absolute atomic E-state index is 13.5. The molecule has 0 atom stereocenters. The molecule has 2 N–H and O–H groups in total. The van der Waals surface area contributed by atoms with Gasteiger partial charge in [-0.15, -0.1) is 0 Å². The minimum Gasteiger partial charge on any atom is -0.326 e. The van der Waals surface area contributed by atoms with E-state index in [2.05, 4.69) is 0 Å². The van der Waals surface area contributed by atoms with Gasteiger partial charge in [-0.3, -0.25) is 0 Å². The summed E-state index contributed by atoms with van der Waals surface area (Å²) in [5.41, 5.74) is 8.78. The van der Waals surface area contributed by atoms with Crippen molar-refractivity contribution in [2.75, 3.05) is 0 Å². The summed E-state index contributed by atoms with van der Waals surface area (Å²) in [6, 6.07) is 10.7. The number of benzene rings is 2. The van der Waals surface area contributed by atoms with Gasteiger partial charge in [0.25, 0.3) is 0 Å². The highest BCUT2D eigenvalue weighted by Crippen LogP contribution is 2.26. The smallest absolute Gasteiger partial charge is 0.126 e. The molecule has 0 aliphatic heterocycles. The van der Waals surface area contributed by atoms with Gasteiger partial charge >= 0.3 is 0 Å². The second-order valence-corrected chi connectivity index (χ2v) is 4.38. The van der Waals surface area contributed by atoms with E-state index in [-0.39, 0.29) is 5.82 Å². The standard InChI is InChI=1S/C14H13ClFN/c1-9-2-3-11(7-14(9)16)10-4-5-12(8-17)13(15)6-10/h2-7H,8,17H2,1H3. The van der Waals surface area contributed by atoms with Gasteiger partial charge in [0.15, 0.2) is 0 Å². The van der Waals surface area contributed by atoms with Gasteiger partial charge < -0.3 is 5.73 Å². The van der Waals surface area contributed by atoms with Crippen molar-refractivity contribution in [2.24, 2.45) is 5.73 Å². The van der Waals surface area contributed by atoms with Gasteiger partial charge in [-0.2, -0.15) is 0 Å². The van der Waals surface area contributed by atoms with Crippen LogP contribution < -0.4 is 5.73 Å². The molecule has 0 radical (unpaired) electrons. The average molecular weight is 250 g/mol. The first-order valence-corrected chi connectivity index (χ1v) is 5.74. The van der Waals surface area contributed by atoms with Crippen LogP contribution in [0, 0.1) is 12.7 Å². The van der Waals surface area contributed by atoms with Crippen LogP contribution in [0.25, 0.3) is 11.1 Å².